The van der Waals surface area contributed by atoms with Crippen molar-refractivity contribution in [3.05, 3.63) is 42.5 Å². The smallest absolute Gasteiger partial charge is 0.244 e. The number of methoxy groups -OCH3 is 1. The molecule has 1 heterocycles. The van der Waals surface area contributed by atoms with Crippen LogP contribution in [0, 0.1) is 0 Å². The van der Waals surface area contributed by atoms with Gasteiger partial charge in [0.15, 0.2) is 12.1 Å². The number of nitrogens with one attached hydrogen (secondary N) is 1. The van der Waals surface area contributed by atoms with Crippen molar-refractivity contribution in [3.63, 3.8) is 0 Å². The Labute approximate surface area is 110 Å². The van der Waals surface area contributed by atoms with Gasteiger partial charge in [-0.1, -0.05) is 12.1 Å². The molecule has 6 nitrogen and oxygen atoms in total. The number of rotatable bonds is 5. The van der Waals surface area contributed by atoms with Crippen molar-refractivity contribution >= 4 is 17.9 Å². The molecule has 0 fully saturated rings. The minimum atomic E-state index is -0.259. The summed E-state index contributed by atoms with van der Waals surface area (Å²) in [6.07, 6.45) is 3.65. The fraction of sp³-hybridized carbons (Fsp3) is 0.154. The number of aromatic nitrogens is 2. The first-order valence-corrected chi connectivity index (χ1v) is 5.63. The van der Waals surface area contributed by atoms with Crippen molar-refractivity contribution in [3.8, 4) is 5.75 Å². The molecule has 1 N–H and O–H groups in total. The molecule has 2 aromatic rings. The molecule has 0 saturated carbocycles. The van der Waals surface area contributed by atoms with E-state index in [9.17, 15) is 9.59 Å². The molecule has 1 aromatic heterocycles. The SMILES string of the molecule is COc1ccccc1NC(=O)Cn1ccnc1C=O. The highest BCUT2D eigenvalue weighted by atomic mass is 16.5. The van der Waals surface area contributed by atoms with Crippen LogP contribution in [0.15, 0.2) is 36.7 Å². The molecular formula is C13H13N3O3. The maximum absolute atomic E-state index is 11.9. The van der Waals surface area contributed by atoms with Crippen molar-refractivity contribution < 1.29 is 14.3 Å². The number of amides is 1. The Morgan fingerprint density at radius 1 is 1.47 bits per heavy atom. The number of hydrogen-bond donors (Lipinski definition) is 1. The minimum Gasteiger partial charge on any atom is -0.495 e. The lowest BCUT2D eigenvalue weighted by atomic mass is 10.3. The van der Waals surface area contributed by atoms with E-state index < -0.39 is 0 Å². The normalized spacial score (nSPS) is 9.95. The number of ether oxygens (including phenoxy) is 1. The predicted molar refractivity (Wildman–Crippen MR) is 69.2 cm³/mol. The zero-order chi connectivity index (χ0) is 13.7. The summed E-state index contributed by atoms with van der Waals surface area (Å²) in [6, 6.07) is 7.11. The van der Waals surface area contributed by atoms with E-state index in [0.717, 1.165) is 0 Å². The van der Waals surface area contributed by atoms with Crippen molar-refractivity contribution in [1.82, 2.24) is 9.55 Å². The number of para-hydroxylation sites is 2. The number of carbonyl (C=O) groups excluding carboxylic acids is 2. The zero-order valence-corrected chi connectivity index (χ0v) is 10.4. The second kappa shape index (κ2) is 5.81. The first-order valence-electron chi connectivity index (χ1n) is 5.63. The Bertz CT molecular complexity index is 592. The van der Waals surface area contributed by atoms with Gasteiger partial charge < -0.3 is 14.6 Å². The van der Waals surface area contributed by atoms with Gasteiger partial charge in [-0.25, -0.2) is 4.98 Å². The van der Waals surface area contributed by atoms with Crippen molar-refractivity contribution in [2.24, 2.45) is 0 Å². The fourth-order valence-corrected chi connectivity index (χ4v) is 1.66. The van der Waals surface area contributed by atoms with Crippen LogP contribution >= 0.6 is 0 Å². The minimum absolute atomic E-state index is 0.0200. The average molecular weight is 259 g/mol. The molecular weight excluding hydrogens is 246 g/mol. The average Bonchev–Trinajstić information content (AvgIpc) is 2.86. The molecule has 0 saturated heterocycles. The Morgan fingerprint density at radius 3 is 3.00 bits per heavy atom. The maximum Gasteiger partial charge on any atom is 0.244 e. The lowest BCUT2D eigenvalue weighted by Crippen LogP contribution is -2.20. The van der Waals surface area contributed by atoms with Gasteiger partial charge in [-0.15, -0.1) is 0 Å². The van der Waals surface area contributed by atoms with E-state index in [1.165, 1.54) is 17.9 Å². The molecule has 1 amide bonds. The molecule has 0 atom stereocenters. The first-order chi connectivity index (χ1) is 9.24. The van der Waals surface area contributed by atoms with Crippen LogP contribution in [-0.4, -0.2) is 28.9 Å². The molecule has 98 valence electrons. The van der Waals surface area contributed by atoms with E-state index in [4.69, 9.17) is 4.74 Å². The molecule has 0 radical (unpaired) electrons. The van der Waals surface area contributed by atoms with Gasteiger partial charge in [0.2, 0.25) is 5.91 Å². The third kappa shape index (κ3) is 2.98. The van der Waals surface area contributed by atoms with E-state index in [0.29, 0.717) is 17.7 Å². The van der Waals surface area contributed by atoms with E-state index in [1.807, 2.05) is 6.07 Å². The Hall–Kier alpha value is -2.63. The number of nitrogens with zero attached hydrogens (tertiary/aromatic N) is 2. The summed E-state index contributed by atoms with van der Waals surface area (Å²) in [4.78, 5) is 26.4. The maximum atomic E-state index is 11.9. The molecule has 2 rings (SSSR count). The number of imidazole rings is 1. The van der Waals surface area contributed by atoms with Crippen molar-refractivity contribution in [1.29, 1.82) is 0 Å². The Balaban J connectivity index is 2.07. The van der Waals surface area contributed by atoms with Crippen LogP contribution in [-0.2, 0) is 11.3 Å². The van der Waals surface area contributed by atoms with E-state index in [2.05, 4.69) is 10.3 Å². The summed E-state index contributed by atoms with van der Waals surface area (Å²) in [5.41, 5.74) is 0.586. The standard InChI is InChI=1S/C13H13N3O3/c1-19-11-5-3-2-4-10(11)15-13(18)8-16-7-6-14-12(16)9-17/h2-7,9H,8H2,1H3,(H,15,18). The van der Waals surface area contributed by atoms with Gasteiger partial charge in [0.25, 0.3) is 0 Å². The summed E-state index contributed by atoms with van der Waals surface area (Å²) >= 11 is 0. The fourth-order valence-electron chi connectivity index (χ4n) is 1.66. The van der Waals surface area contributed by atoms with Gasteiger partial charge in [-0.05, 0) is 12.1 Å². The van der Waals surface area contributed by atoms with Gasteiger partial charge in [0, 0.05) is 12.4 Å². The highest BCUT2D eigenvalue weighted by molar-refractivity contribution is 5.92. The molecule has 0 spiro atoms. The summed E-state index contributed by atoms with van der Waals surface area (Å²) in [5.74, 6) is 0.540. The predicted octanol–water partition coefficient (Wildman–Crippen LogP) is 1.34. The highest BCUT2D eigenvalue weighted by Gasteiger charge is 2.09. The van der Waals surface area contributed by atoms with Crippen LogP contribution in [0.5, 0.6) is 5.75 Å². The quantitative estimate of drug-likeness (QED) is 0.822. The summed E-state index contributed by atoms with van der Waals surface area (Å²) in [6.45, 7) is 0.0200. The Kier molecular flexibility index (Phi) is 3.92. The van der Waals surface area contributed by atoms with Gasteiger partial charge in [0.1, 0.15) is 12.3 Å². The molecule has 0 aliphatic carbocycles. The summed E-state index contributed by atoms with van der Waals surface area (Å²) in [7, 11) is 1.53. The van der Waals surface area contributed by atoms with Crippen molar-refractivity contribution in [2.45, 2.75) is 6.54 Å². The number of anilines is 1. The van der Waals surface area contributed by atoms with Gasteiger partial charge in [0.05, 0.1) is 12.8 Å². The lowest BCUT2D eigenvalue weighted by molar-refractivity contribution is -0.116. The summed E-state index contributed by atoms with van der Waals surface area (Å²) in [5, 5.41) is 2.72. The van der Waals surface area contributed by atoms with Crippen molar-refractivity contribution in [2.75, 3.05) is 12.4 Å². The van der Waals surface area contributed by atoms with Gasteiger partial charge in [-0.2, -0.15) is 0 Å². The van der Waals surface area contributed by atoms with E-state index >= 15 is 0 Å². The van der Waals surface area contributed by atoms with Crippen LogP contribution in [0.4, 0.5) is 5.69 Å². The third-order valence-corrected chi connectivity index (χ3v) is 2.55. The first kappa shape index (κ1) is 12.8. The van der Waals surface area contributed by atoms with Gasteiger partial charge in [-0.3, -0.25) is 9.59 Å². The molecule has 0 aliphatic rings. The molecule has 0 bridgehead atoms. The summed E-state index contributed by atoms with van der Waals surface area (Å²) < 4.78 is 6.61. The third-order valence-electron chi connectivity index (χ3n) is 2.55. The number of hydrogen-bond acceptors (Lipinski definition) is 4. The number of benzene rings is 1. The second-order valence-corrected chi connectivity index (χ2v) is 3.78. The van der Waals surface area contributed by atoms with E-state index in [-0.39, 0.29) is 18.3 Å². The number of carbonyl (C=O) groups is 2. The molecule has 19 heavy (non-hydrogen) atoms. The highest BCUT2D eigenvalue weighted by Crippen LogP contribution is 2.22. The topological polar surface area (TPSA) is 73.2 Å². The molecule has 6 heteroatoms. The van der Waals surface area contributed by atoms with Crippen LogP contribution < -0.4 is 10.1 Å². The lowest BCUT2D eigenvalue weighted by Gasteiger charge is -2.10. The molecule has 0 unspecified atom stereocenters. The van der Waals surface area contributed by atoms with Crippen LogP contribution in [0.1, 0.15) is 10.6 Å². The molecule has 1 aromatic carbocycles. The van der Waals surface area contributed by atoms with Crippen LogP contribution in [0.25, 0.3) is 0 Å². The number of aldehydes is 1. The largest absolute Gasteiger partial charge is 0.495 e. The van der Waals surface area contributed by atoms with Gasteiger partial charge >= 0.3 is 0 Å². The second-order valence-electron chi connectivity index (χ2n) is 3.78. The zero-order valence-electron chi connectivity index (χ0n) is 10.4. The monoisotopic (exact) mass is 259 g/mol. The Morgan fingerprint density at radius 2 is 2.26 bits per heavy atom. The van der Waals surface area contributed by atoms with Crippen LogP contribution in [0.2, 0.25) is 0 Å². The van der Waals surface area contributed by atoms with Crippen LogP contribution in [0.3, 0.4) is 0 Å². The van der Waals surface area contributed by atoms with E-state index in [1.54, 1.807) is 24.4 Å². The molecule has 0 aliphatic heterocycles.